The highest BCUT2D eigenvalue weighted by Gasteiger charge is 2.55. The number of carbonyl (C=O) groups excluding carboxylic acids is 3. The number of rotatable bonds is 1. The van der Waals surface area contributed by atoms with Crippen molar-refractivity contribution in [3.63, 3.8) is 0 Å². The maximum Gasteiger partial charge on any atom is 0.261 e. The second kappa shape index (κ2) is 4.14. The third-order valence-corrected chi connectivity index (χ3v) is 4.53. The van der Waals surface area contributed by atoms with E-state index in [0.29, 0.717) is 37.2 Å². The predicted octanol–water partition coefficient (Wildman–Crippen LogP) is 0.330. The molecule has 0 saturated carbocycles. The van der Waals surface area contributed by atoms with Crippen LogP contribution < -0.4 is 5.32 Å². The molecule has 21 heavy (non-hydrogen) atoms. The molecule has 108 valence electrons. The third kappa shape index (κ3) is 1.59. The number of benzene rings is 1. The lowest BCUT2D eigenvalue weighted by atomic mass is 9.80. The van der Waals surface area contributed by atoms with Crippen molar-refractivity contribution in [3.05, 3.63) is 35.4 Å². The predicted molar refractivity (Wildman–Crippen MR) is 71.7 cm³/mol. The van der Waals surface area contributed by atoms with Crippen LogP contribution in [0.25, 0.3) is 0 Å². The van der Waals surface area contributed by atoms with E-state index in [4.69, 9.17) is 4.74 Å². The number of amides is 3. The monoisotopic (exact) mass is 286 g/mol. The Morgan fingerprint density at radius 3 is 2.24 bits per heavy atom. The first-order chi connectivity index (χ1) is 10.1. The second-order valence-corrected chi connectivity index (χ2v) is 5.78. The maximum atomic E-state index is 12.6. The Balaban J connectivity index is 1.73. The van der Waals surface area contributed by atoms with Gasteiger partial charge in [-0.25, -0.2) is 0 Å². The number of hydrogen-bond acceptors (Lipinski definition) is 4. The van der Waals surface area contributed by atoms with Crippen LogP contribution in [0.3, 0.4) is 0 Å². The molecule has 2 fully saturated rings. The normalized spacial score (nSPS) is 26.6. The van der Waals surface area contributed by atoms with Crippen molar-refractivity contribution in [2.45, 2.75) is 24.4 Å². The van der Waals surface area contributed by atoms with Crippen LogP contribution in [0.15, 0.2) is 24.3 Å². The van der Waals surface area contributed by atoms with Gasteiger partial charge in [0.1, 0.15) is 5.54 Å². The fourth-order valence-corrected chi connectivity index (χ4v) is 3.42. The summed E-state index contributed by atoms with van der Waals surface area (Å²) in [6, 6.07) is 6.50. The van der Waals surface area contributed by atoms with Crippen molar-refractivity contribution < 1.29 is 19.1 Å². The van der Waals surface area contributed by atoms with E-state index < -0.39 is 5.54 Å². The van der Waals surface area contributed by atoms with E-state index in [-0.39, 0.29) is 23.8 Å². The summed E-state index contributed by atoms with van der Waals surface area (Å²) in [6.45, 7) is 0.688. The van der Waals surface area contributed by atoms with Gasteiger partial charge in [-0.15, -0.1) is 0 Å². The highest BCUT2D eigenvalue weighted by atomic mass is 16.5. The standard InChI is InChI=1S/C15H14N2O4/c18-12-6-5-11(15(16-12)7-21-8-15)17-13(19)9-3-1-2-4-10(9)14(17)20/h1-4,11H,5-8H2,(H,16,18). The quantitative estimate of drug-likeness (QED) is 0.755. The van der Waals surface area contributed by atoms with Crippen molar-refractivity contribution in [3.8, 4) is 0 Å². The minimum atomic E-state index is -0.608. The van der Waals surface area contributed by atoms with Crippen LogP contribution in [0.5, 0.6) is 0 Å². The van der Waals surface area contributed by atoms with Crippen LogP contribution in [0, 0.1) is 0 Å². The summed E-state index contributed by atoms with van der Waals surface area (Å²) in [4.78, 5) is 38.1. The van der Waals surface area contributed by atoms with Crippen LogP contribution in [0.1, 0.15) is 33.6 Å². The first-order valence-corrected chi connectivity index (χ1v) is 6.98. The van der Waals surface area contributed by atoms with E-state index in [1.165, 1.54) is 4.90 Å². The van der Waals surface area contributed by atoms with Gasteiger partial charge in [0, 0.05) is 6.42 Å². The summed E-state index contributed by atoms with van der Waals surface area (Å²) >= 11 is 0. The van der Waals surface area contributed by atoms with Gasteiger partial charge in [-0.3, -0.25) is 19.3 Å². The van der Waals surface area contributed by atoms with E-state index in [2.05, 4.69) is 5.32 Å². The van der Waals surface area contributed by atoms with Gasteiger partial charge in [0.2, 0.25) is 5.91 Å². The molecule has 2 saturated heterocycles. The molecule has 3 amide bonds. The molecule has 6 heteroatoms. The largest absolute Gasteiger partial charge is 0.376 e. The molecule has 1 aromatic carbocycles. The van der Waals surface area contributed by atoms with E-state index in [9.17, 15) is 14.4 Å². The molecule has 1 atom stereocenters. The second-order valence-electron chi connectivity index (χ2n) is 5.78. The molecule has 1 aromatic rings. The molecule has 1 unspecified atom stereocenters. The highest BCUT2D eigenvalue weighted by Crippen LogP contribution is 2.36. The van der Waals surface area contributed by atoms with E-state index >= 15 is 0 Å². The minimum absolute atomic E-state index is 0.0499. The summed E-state index contributed by atoms with van der Waals surface area (Å²) in [5, 5.41) is 2.91. The number of hydrogen-bond donors (Lipinski definition) is 1. The summed E-state index contributed by atoms with van der Waals surface area (Å²) < 4.78 is 5.24. The zero-order valence-electron chi connectivity index (χ0n) is 11.3. The molecule has 1 N–H and O–H groups in total. The van der Waals surface area contributed by atoms with Gasteiger partial charge in [0.15, 0.2) is 0 Å². The molecule has 0 bridgehead atoms. The molecule has 6 nitrogen and oxygen atoms in total. The number of carbonyl (C=O) groups is 3. The van der Waals surface area contributed by atoms with Crippen molar-refractivity contribution in [2.24, 2.45) is 0 Å². The summed E-state index contributed by atoms with van der Waals surface area (Å²) in [5.74, 6) is -0.600. The number of ether oxygens (including phenoxy) is 1. The summed E-state index contributed by atoms with van der Waals surface area (Å²) in [7, 11) is 0. The van der Waals surface area contributed by atoms with Crippen LogP contribution >= 0.6 is 0 Å². The fraction of sp³-hybridized carbons (Fsp3) is 0.400. The molecule has 3 aliphatic heterocycles. The smallest absolute Gasteiger partial charge is 0.261 e. The van der Waals surface area contributed by atoms with Gasteiger partial charge in [0.05, 0.1) is 30.4 Å². The van der Waals surface area contributed by atoms with E-state index in [1.807, 2.05) is 0 Å². The Kier molecular flexibility index (Phi) is 2.47. The van der Waals surface area contributed by atoms with Gasteiger partial charge >= 0.3 is 0 Å². The lowest BCUT2D eigenvalue weighted by molar-refractivity contribution is -0.148. The molecular weight excluding hydrogens is 272 g/mol. The van der Waals surface area contributed by atoms with Crippen molar-refractivity contribution >= 4 is 17.7 Å². The first-order valence-electron chi connectivity index (χ1n) is 6.98. The fourth-order valence-electron chi connectivity index (χ4n) is 3.42. The van der Waals surface area contributed by atoms with E-state index in [0.717, 1.165) is 0 Å². The number of imide groups is 1. The molecule has 3 heterocycles. The topological polar surface area (TPSA) is 75.7 Å². The Morgan fingerprint density at radius 1 is 1.10 bits per heavy atom. The van der Waals surface area contributed by atoms with Crippen LogP contribution in [-0.2, 0) is 9.53 Å². The number of fused-ring (bicyclic) bond motifs is 1. The highest BCUT2D eigenvalue weighted by molar-refractivity contribution is 6.21. The van der Waals surface area contributed by atoms with Crippen molar-refractivity contribution in [2.75, 3.05) is 13.2 Å². The Labute approximate surface area is 121 Å². The van der Waals surface area contributed by atoms with E-state index in [1.54, 1.807) is 24.3 Å². The third-order valence-electron chi connectivity index (χ3n) is 4.53. The number of nitrogens with one attached hydrogen (secondary N) is 1. The lowest BCUT2D eigenvalue weighted by Gasteiger charge is -2.52. The van der Waals surface area contributed by atoms with Gasteiger partial charge in [-0.05, 0) is 18.6 Å². The summed E-state index contributed by atoms with van der Waals surface area (Å²) in [5.41, 5.74) is 0.271. The first kappa shape index (κ1) is 12.5. The lowest BCUT2D eigenvalue weighted by Crippen LogP contribution is -2.75. The van der Waals surface area contributed by atoms with Crippen LogP contribution in [0.4, 0.5) is 0 Å². The Hall–Kier alpha value is -2.21. The molecular formula is C15H14N2O4. The van der Waals surface area contributed by atoms with Gasteiger partial charge in [-0.1, -0.05) is 12.1 Å². The molecule has 4 rings (SSSR count). The van der Waals surface area contributed by atoms with Crippen molar-refractivity contribution in [1.82, 2.24) is 10.2 Å². The van der Waals surface area contributed by atoms with Gasteiger partial charge < -0.3 is 10.1 Å². The molecule has 0 aromatic heterocycles. The van der Waals surface area contributed by atoms with Crippen LogP contribution in [0.2, 0.25) is 0 Å². The Morgan fingerprint density at radius 2 is 1.71 bits per heavy atom. The molecule has 3 aliphatic rings. The zero-order chi connectivity index (χ0) is 14.6. The average Bonchev–Trinajstić information content (AvgIpc) is 2.70. The number of piperidine rings is 1. The average molecular weight is 286 g/mol. The zero-order valence-corrected chi connectivity index (χ0v) is 11.3. The number of nitrogens with zero attached hydrogens (tertiary/aromatic N) is 1. The molecule has 0 radical (unpaired) electrons. The van der Waals surface area contributed by atoms with Gasteiger partial charge in [0.25, 0.3) is 11.8 Å². The minimum Gasteiger partial charge on any atom is -0.376 e. The van der Waals surface area contributed by atoms with Crippen LogP contribution in [-0.4, -0.2) is 47.4 Å². The SMILES string of the molecule is O=C1CCC(N2C(=O)c3ccccc3C2=O)C2(COC2)N1. The van der Waals surface area contributed by atoms with Gasteiger partial charge in [-0.2, -0.15) is 0 Å². The maximum absolute atomic E-state index is 12.6. The summed E-state index contributed by atoms with van der Waals surface area (Å²) in [6.07, 6.45) is 0.806. The molecule has 1 spiro atoms. The van der Waals surface area contributed by atoms with Crippen molar-refractivity contribution in [1.29, 1.82) is 0 Å². The Bertz CT molecular complexity index is 630. The molecule has 0 aliphatic carbocycles.